The summed E-state index contributed by atoms with van der Waals surface area (Å²) in [6, 6.07) is 8.58. The zero-order valence-electron chi connectivity index (χ0n) is 17.6. The highest BCUT2D eigenvalue weighted by Gasteiger charge is 2.15. The number of para-hydroxylation sites is 1. The standard InChI is InChI=1S/C20H20N6O7/c1-10(21)18(27)24-16-8-7-13(17(22)23-16)26-25-12-5-3-4-6-14(12)32-19(28)30-9-15-11(2)31-20(29)33-15/h3-8,10H,9,21H2,1-2H3,(H3,22,23,24,27)/t10-/m0/s1. The molecule has 0 aliphatic rings. The number of nitrogens with one attached hydrogen (secondary N) is 1. The number of carbonyl (C=O) groups is 2. The number of aryl methyl sites for hydroxylation is 1. The fourth-order valence-corrected chi connectivity index (χ4v) is 2.35. The van der Waals surface area contributed by atoms with Crippen molar-refractivity contribution in [1.29, 1.82) is 0 Å². The van der Waals surface area contributed by atoms with Crippen LogP contribution in [-0.2, 0) is 16.1 Å². The van der Waals surface area contributed by atoms with Gasteiger partial charge in [0.1, 0.15) is 17.2 Å². The molecule has 0 aliphatic carbocycles. The molecule has 3 aromatic rings. The molecule has 172 valence electrons. The third kappa shape index (κ3) is 6.24. The van der Waals surface area contributed by atoms with Crippen molar-refractivity contribution >= 4 is 35.1 Å². The number of carbonyl (C=O) groups excluding carboxylic acids is 2. The van der Waals surface area contributed by atoms with Gasteiger partial charge in [-0.15, -0.1) is 10.2 Å². The van der Waals surface area contributed by atoms with Gasteiger partial charge in [-0.2, -0.15) is 0 Å². The topological polar surface area (TPSA) is 198 Å². The van der Waals surface area contributed by atoms with Crippen LogP contribution >= 0.6 is 0 Å². The molecule has 1 aromatic carbocycles. The van der Waals surface area contributed by atoms with Gasteiger partial charge >= 0.3 is 12.0 Å². The van der Waals surface area contributed by atoms with Gasteiger partial charge in [-0.25, -0.2) is 14.6 Å². The Balaban J connectivity index is 1.67. The van der Waals surface area contributed by atoms with Crippen LogP contribution in [0.4, 0.5) is 27.8 Å². The van der Waals surface area contributed by atoms with Crippen LogP contribution in [0.1, 0.15) is 18.4 Å². The van der Waals surface area contributed by atoms with E-state index in [-0.39, 0.29) is 46.9 Å². The number of rotatable bonds is 7. The molecule has 13 heteroatoms. The van der Waals surface area contributed by atoms with Crippen molar-refractivity contribution in [3.63, 3.8) is 0 Å². The molecule has 0 aliphatic heterocycles. The maximum absolute atomic E-state index is 12.0. The van der Waals surface area contributed by atoms with Crippen LogP contribution in [0.15, 0.2) is 60.3 Å². The summed E-state index contributed by atoms with van der Waals surface area (Å²) < 4.78 is 19.5. The lowest BCUT2D eigenvalue weighted by Crippen LogP contribution is -2.32. The number of hydrogen-bond acceptors (Lipinski definition) is 12. The first-order chi connectivity index (χ1) is 15.7. The summed E-state index contributed by atoms with van der Waals surface area (Å²) in [5.74, 6) is -0.781. The van der Waals surface area contributed by atoms with Crippen molar-refractivity contribution in [2.75, 3.05) is 11.1 Å². The van der Waals surface area contributed by atoms with Gasteiger partial charge in [-0.1, -0.05) is 12.1 Å². The van der Waals surface area contributed by atoms with Crippen LogP contribution in [0, 0.1) is 6.92 Å². The van der Waals surface area contributed by atoms with E-state index in [1.807, 2.05) is 0 Å². The highest BCUT2D eigenvalue weighted by atomic mass is 16.7. The SMILES string of the molecule is Cc1oc(=O)oc1COC(=O)Oc1ccccc1N=Nc1ccc(NC(=O)[C@H](C)N)nc1N. The molecule has 0 spiro atoms. The lowest BCUT2D eigenvalue weighted by molar-refractivity contribution is -0.117. The van der Waals surface area contributed by atoms with Crippen molar-refractivity contribution in [2.24, 2.45) is 16.0 Å². The Morgan fingerprint density at radius 3 is 2.55 bits per heavy atom. The first-order valence-electron chi connectivity index (χ1n) is 9.50. The van der Waals surface area contributed by atoms with Crippen LogP contribution in [0.3, 0.4) is 0 Å². The Kier molecular flexibility index (Phi) is 7.15. The number of nitrogen functional groups attached to an aromatic ring is 1. The third-order valence-corrected chi connectivity index (χ3v) is 4.05. The summed E-state index contributed by atoms with van der Waals surface area (Å²) in [7, 11) is 0. The number of hydrogen-bond donors (Lipinski definition) is 3. The summed E-state index contributed by atoms with van der Waals surface area (Å²) in [6.07, 6.45) is -1.06. The Morgan fingerprint density at radius 2 is 1.88 bits per heavy atom. The van der Waals surface area contributed by atoms with Crippen molar-refractivity contribution in [3.05, 3.63) is 58.5 Å². The highest BCUT2D eigenvalue weighted by Crippen LogP contribution is 2.31. The zero-order valence-corrected chi connectivity index (χ0v) is 17.6. The molecule has 5 N–H and O–H groups in total. The smallest absolute Gasteiger partial charge is 0.426 e. The Bertz CT molecular complexity index is 1250. The number of azo groups is 1. The summed E-state index contributed by atoms with van der Waals surface area (Å²) in [5, 5.41) is 10.6. The summed E-state index contributed by atoms with van der Waals surface area (Å²) in [6.45, 7) is 2.67. The van der Waals surface area contributed by atoms with Gasteiger partial charge in [0.25, 0.3) is 0 Å². The predicted molar refractivity (Wildman–Crippen MR) is 114 cm³/mol. The van der Waals surface area contributed by atoms with Crippen molar-refractivity contribution < 1.29 is 27.9 Å². The molecule has 1 amide bonds. The molecule has 3 rings (SSSR count). The maximum atomic E-state index is 12.0. The fraction of sp³-hybridized carbons (Fsp3) is 0.200. The van der Waals surface area contributed by atoms with Gasteiger partial charge in [0.15, 0.2) is 29.7 Å². The van der Waals surface area contributed by atoms with Crippen molar-refractivity contribution in [1.82, 2.24) is 4.98 Å². The Morgan fingerprint density at radius 1 is 1.15 bits per heavy atom. The van der Waals surface area contributed by atoms with E-state index in [9.17, 15) is 14.4 Å². The number of aromatic nitrogens is 1. The van der Waals surface area contributed by atoms with Crippen LogP contribution in [0.25, 0.3) is 0 Å². The number of nitrogens with zero attached hydrogens (tertiary/aromatic N) is 3. The zero-order chi connectivity index (χ0) is 24.0. The van der Waals surface area contributed by atoms with Gasteiger partial charge in [0.05, 0.1) is 6.04 Å². The Hall–Kier alpha value is -4.52. The first-order valence-corrected chi connectivity index (χ1v) is 9.50. The average molecular weight is 456 g/mol. The van der Waals surface area contributed by atoms with Crippen LogP contribution in [-0.4, -0.2) is 23.1 Å². The lowest BCUT2D eigenvalue weighted by Gasteiger charge is -2.08. The number of amides is 1. The maximum Gasteiger partial charge on any atom is 0.519 e. The monoisotopic (exact) mass is 456 g/mol. The molecule has 13 nitrogen and oxygen atoms in total. The number of benzene rings is 1. The molecule has 0 saturated carbocycles. The summed E-state index contributed by atoms with van der Waals surface area (Å²) >= 11 is 0. The highest BCUT2D eigenvalue weighted by molar-refractivity contribution is 5.93. The Labute approximate surface area is 186 Å². The van der Waals surface area contributed by atoms with Gasteiger partial charge in [0.2, 0.25) is 5.91 Å². The second kappa shape index (κ2) is 10.2. The molecule has 0 fully saturated rings. The van der Waals surface area contributed by atoms with E-state index >= 15 is 0 Å². The van der Waals surface area contributed by atoms with E-state index < -0.39 is 23.9 Å². The quantitative estimate of drug-likeness (QED) is 0.270. The number of nitrogens with two attached hydrogens (primary N) is 2. The normalized spacial score (nSPS) is 11.8. The minimum absolute atomic E-state index is 0.0102. The molecular weight excluding hydrogens is 436 g/mol. The summed E-state index contributed by atoms with van der Waals surface area (Å²) in [4.78, 5) is 38.7. The van der Waals surface area contributed by atoms with E-state index in [0.717, 1.165) is 0 Å². The molecule has 2 aromatic heterocycles. The summed E-state index contributed by atoms with van der Waals surface area (Å²) in [5.41, 5.74) is 11.8. The second-order valence-electron chi connectivity index (χ2n) is 6.62. The van der Waals surface area contributed by atoms with E-state index in [4.69, 9.17) is 25.4 Å². The number of pyridine rings is 1. The molecule has 0 bridgehead atoms. The molecule has 1 atom stereocenters. The molecule has 2 heterocycles. The van der Waals surface area contributed by atoms with Crippen molar-refractivity contribution in [3.8, 4) is 5.75 Å². The van der Waals surface area contributed by atoms with Crippen LogP contribution in [0.5, 0.6) is 5.75 Å². The number of ether oxygens (including phenoxy) is 2. The minimum Gasteiger partial charge on any atom is -0.426 e. The first kappa shape index (κ1) is 23.1. The van der Waals surface area contributed by atoms with E-state index in [1.54, 1.807) is 18.2 Å². The number of anilines is 2. The molecule has 33 heavy (non-hydrogen) atoms. The van der Waals surface area contributed by atoms with Gasteiger partial charge in [0, 0.05) is 0 Å². The lowest BCUT2D eigenvalue weighted by atomic mass is 10.3. The molecule has 0 radical (unpaired) electrons. The average Bonchev–Trinajstić information content (AvgIpc) is 3.09. The van der Waals surface area contributed by atoms with Crippen molar-refractivity contribution in [2.45, 2.75) is 26.5 Å². The largest absolute Gasteiger partial charge is 0.519 e. The predicted octanol–water partition coefficient (Wildman–Crippen LogP) is 2.94. The third-order valence-electron chi connectivity index (χ3n) is 4.05. The molecular formula is C20H20N6O7. The molecule has 0 unspecified atom stereocenters. The van der Waals surface area contributed by atoms with Gasteiger partial charge in [-0.05, 0) is 38.1 Å². The van der Waals surface area contributed by atoms with Crippen LogP contribution < -0.4 is 27.3 Å². The van der Waals surface area contributed by atoms with E-state index in [2.05, 4.69) is 24.9 Å². The van der Waals surface area contributed by atoms with E-state index in [1.165, 1.54) is 32.0 Å². The second-order valence-corrected chi connectivity index (χ2v) is 6.62. The van der Waals surface area contributed by atoms with Gasteiger partial charge < -0.3 is 35.1 Å². The molecule has 0 saturated heterocycles. The fourth-order valence-electron chi connectivity index (χ4n) is 2.35. The van der Waals surface area contributed by atoms with Gasteiger partial charge in [-0.3, -0.25) is 4.79 Å². The minimum atomic E-state index is -1.06. The van der Waals surface area contributed by atoms with E-state index in [0.29, 0.717) is 0 Å². The van der Waals surface area contributed by atoms with Crippen LogP contribution in [0.2, 0.25) is 0 Å².